The normalized spacial score (nSPS) is 10.9. The van der Waals surface area contributed by atoms with Gasteiger partial charge in [-0.2, -0.15) is 0 Å². The van der Waals surface area contributed by atoms with Gasteiger partial charge in [-0.25, -0.2) is 0 Å². The van der Waals surface area contributed by atoms with Crippen molar-refractivity contribution in [1.82, 2.24) is 10.9 Å². The number of nitrogens with one attached hydrogen (secondary N) is 3. The number of amides is 3. The molecule has 2 aromatic rings. The van der Waals surface area contributed by atoms with E-state index in [0.29, 0.717) is 5.56 Å². The predicted molar refractivity (Wildman–Crippen MR) is 118 cm³/mol. The number of rotatable bonds is 6. The number of aryl methyl sites for hydroxylation is 1. The van der Waals surface area contributed by atoms with Crippen LogP contribution in [0.15, 0.2) is 48.5 Å². The van der Waals surface area contributed by atoms with Crippen LogP contribution in [0.25, 0.3) is 0 Å². The highest BCUT2D eigenvalue weighted by molar-refractivity contribution is 8.00. The van der Waals surface area contributed by atoms with Crippen LogP contribution in [-0.2, 0) is 15.0 Å². The molecule has 0 saturated heterocycles. The average Bonchev–Trinajstić information content (AvgIpc) is 2.67. The molecule has 0 radical (unpaired) electrons. The van der Waals surface area contributed by atoms with Gasteiger partial charge < -0.3 is 5.32 Å². The van der Waals surface area contributed by atoms with Crippen molar-refractivity contribution in [3.05, 3.63) is 65.2 Å². The van der Waals surface area contributed by atoms with Crippen LogP contribution in [-0.4, -0.2) is 29.2 Å². The maximum Gasteiger partial charge on any atom is 0.269 e. The fourth-order valence-corrected chi connectivity index (χ4v) is 3.04. The third-order valence-corrected chi connectivity index (χ3v) is 5.06. The van der Waals surface area contributed by atoms with Crippen molar-refractivity contribution in [3.63, 3.8) is 0 Å². The summed E-state index contributed by atoms with van der Waals surface area (Å²) in [6.45, 7) is 8.27. The number of carbonyl (C=O) groups excluding carboxylic acids is 3. The van der Waals surface area contributed by atoms with E-state index in [1.807, 2.05) is 43.3 Å². The fraction of sp³-hybridized carbons (Fsp3) is 0.318. The molecule has 0 fully saturated rings. The fourth-order valence-electron chi connectivity index (χ4n) is 2.43. The third-order valence-electron chi connectivity index (χ3n) is 4.13. The molecule has 0 spiro atoms. The second-order valence-electron chi connectivity index (χ2n) is 7.74. The van der Waals surface area contributed by atoms with E-state index in [1.165, 1.54) is 11.8 Å². The summed E-state index contributed by atoms with van der Waals surface area (Å²) in [4.78, 5) is 35.9. The maximum absolute atomic E-state index is 12.1. The molecule has 0 saturated carbocycles. The summed E-state index contributed by atoms with van der Waals surface area (Å²) in [7, 11) is 0. The molecular weight excluding hydrogens is 386 g/mol. The topological polar surface area (TPSA) is 87.3 Å². The molecule has 0 heterocycles. The van der Waals surface area contributed by atoms with Gasteiger partial charge in [0.05, 0.1) is 11.5 Å². The van der Waals surface area contributed by atoms with E-state index < -0.39 is 0 Å². The van der Waals surface area contributed by atoms with Crippen molar-refractivity contribution in [2.24, 2.45) is 0 Å². The highest BCUT2D eigenvalue weighted by Crippen LogP contribution is 2.22. The van der Waals surface area contributed by atoms with Crippen LogP contribution in [0.5, 0.6) is 0 Å². The Hall–Kier alpha value is -2.80. The molecule has 154 valence electrons. The minimum absolute atomic E-state index is 0.00614. The summed E-state index contributed by atoms with van der Waals surface area (Å²) < 4.78 is 0. The second-order valence-corrected chi connectivity index (χ2v) is 8.72. The molecule has 3 amide bonds. The van der Waals surface area contributed by atoms with Crippen LogP contribution in [0.4, 0.5) is 5.69 Å². The Bertz CT molecular complexity index is 856. The van der Waals surface area contributed by atoms with Gasteiger partial charge in [-0.15, -0.1) is 11.8 Å². The Morgan fingerprint density at radius 2 is 1.41 bits per heavy atom. The van der Waals surface area contributed by atoms with Gasteiger partial charge in [-0.3, -0.25) is 25.2 Å². The first-order valence-electron chi connectivity index (χ1n) is 9.29. The van der Waals surface area contributed by atoms with E-state index in [4.69, 9.17) is 0 Å². The highest BCUT2D eigenvalue weighted by Gasteiger charge is 2.14. The monoisotopic (exact) mass is 413 g/mol. The van der Waals surface area contributed by atoms with Gasteiger partial charge in [0, 0.05) is 11.3 Å². The summed E-state index contributed by atoms with van der Waals surface area (Å²) >= 11 is 1.17. The Morgan fingerprint density at radius 3 is 2.00 bits per heavy atom. The molecule has 6 nitrogen and oxygen atoms in total. The largest absolute Gasteiger partial charge is 0.325 e. The van der Waals surface area contributed by atoms with Gasteiger partial charge in [-0.1, -0.05) is 50.6 Å². The first-order chi connectivity index (χ1) is 13.6. The smallest absolute Gasteiger partial charge is 0.269 e. The number of anilines is 1. The lowest BCUT2D eigenvalue weighted by Crippen LogP contribution is -2.42. The second kappa shape index (κ2) is 10.1. The van der Waals surface area contributed by atoms with Gasteiger partial charge in [0.2, 0.25) is 11.8 Å². The lowest BCUT2D eigenvalue weighted by molar-refractivity contribution is -0.119. The molecule has 0 aliphatic heterocycles. The lowest BCUT2D eigenvalue weighted by atomic mass is 9.87. The summed E-state index contributed by atoms with van der Waals surface area (Å²) in [6, 6.07) is 14.7. The van der Waals surface area contributed by atoms with Crippen molar-refractivity contribution in [2.75, 3.05) is 16.8 Å². The molecule has 29 heavy (non-hydrogen) atoms. The zero-order valence-electron chi connectivity index (χ0n) is 17.2. The zero-order chi connectivity index (χ0) is 21.4. The van der Waals surface area contributed by atoms with E-state index in [1.54, 1.807) is 12.1 Å². The van der Waals surface area contributed by atoms with Crippen LogP contribution in [0.1, 0.15) is 42.3 Å². The van der Waals surface area contributed by atoms with Crippen molar-refractivity contribution in [3.8, 4) is 0 Å². The van der Waals surface area contributed by atoms with E-state index in [9.17, 15) is 14.4 Å². The van der Waals surface area contributed by atoms with Gasteiger partial charge in [-0.05, 0) is 42.2 Å². The molecule has 0 aliphatic carbocycles. The Morgan fingerprint density at radius 1 is 0.828 bits per heavy atom. The molecular formula is C22H27N3O3S. The Kier molecular flexibility index (Phi) is 7.84. The summed E-state index contributed by atoms with van der Waals surface area (Å²) in [6.07, 6.45) is 0. The molecule has 0 bridgehead atoms. The summed E-state index contributed by atoms with van der Waals surface area (Å²) in [5.74, 6) is -0.748. The van der Waals surface area contributed by atoms with E-state index in [2.05, 4.69) is 36.9 Å². The van der Waals surface area contributed by atoms with E-state index in [0.717, 1.165) is 16.8 Å². The average molecular weight is 414 g/mol. The standard InChI is InChI=1S/C22H27N3O3S/c1-15-5-11-18(12-6-15)23-19(26)13-29-14-20(27)24-25-21(28)16-7-9-17(10-8-16)22(2,3)4/h5-12H,13-14H2,1-4H3,(H,23,26)(H,24,27)(H,25,28). The van der Waals surface area contributed by atoms with Crippen LogP contribution >= 0.6 is 11.8 Å². The zero-order valence-corrected chi connectivity index (χ0v) is 18.0. The quantitative estimate of drug-likeness (QED) is 0.633. The minimum atomic E-state index is -0.388. The number of carbonyl (C=O) groups is 3. The molecule has 0 aliphatic rings. The van der Waals surface area contributed by atoms with Crippen LogP contribution in [0.2, 0.25) is 0 Å². The highest BCUT2D eigenvalue weighted by atomic mass is 32.2. The predicted octanol–water partition coefficient (Wildman–Crippen LogP) is 3.43. The van der Waals surface area contributed by atoms with Gasteiger partial charge in [0.15, 0.2) is 0 Å². The Labute approximate surface area is 175 Å². The third kappa shape index (κ3) is 7.62. The molecule has 2 rings (SSSR count). The number of hydrogen-bond acceptors (Lipinski definition) is 4. The Balaban J connectivity index is 1.69. The first-order valence-corrected chi connectivity index (χ1v) is 10.4. The molecule has 2 aromatic carbocycles. The number of hydrazine groups is 1. The molecule has 0 unspecified atom stereocenters. The van der Waals surface area contributed by atoms with Gasteiger partial charge in [0.1, 0.15) is 0 Å². The van der Waals surface area contributed by atoms with Gasteiger partial charge in [0.25, 0.3) is 5.91 Å². The number of benzene rings is 2. The SMILES string of the molecule is Cc1ccc(NC(=O)CSCC(=O)NNC(=O)c2ccc(C(C)(C)C)cc2)cc1. The van der Waals surface area contributed by atoms with E-state index in [-0.39, 0.29) is 34.6 Å². The van der Waals surface area contributed by atoms with Crippen molar-refractivity contribution in [1.29, 1.82) is 0 Å². The van der Waals surface area contributed by atoms with Crippen molar-refractivity contribution >= 4 is 35.2 Å². The van der Waals surface area contributed by atoms with E-state index >= 15 is 0 Å². The lowest BCUT2D eigenvalue weighted by Gasteiger charge is -2.19. The molecule has 0 aromatic heterocycles. The van der Waals surface area contributed by atoms with Crippen LogP contribution < -0.4 is 16.2 Å². The van der Waals surface area contributed by atoms with Crippen molar-refractivity contribution < 1.29 is 14.4 Å². The number of hydrogen-bond donors (Lipinski definition) is 3. The molecule has 7 heteroatoms. The van der Waals surface area contributed by atoms with Crippen LogP contribution in [0.3, 0.4) is 0 Å². The summed E-state index contributed by atoms with van der Waals surface area (Å²) in [5.41, 5.74) is 8.17. The summed E-state index contributed by atoms with van der Waals surface area (Å²) in [5, 5.41) is 2.77. The molecule has 0 atom stereocenters. The van der Waals surface area contributed by atoms with Gasteiger partial charge >= 0.3 is 0 Å². The number of thioether (sulfide) groups is 1. The maximum atomic E-state index is 12.1. The van der Waals surface area contributed by atoms with Crippen molar-refractivity contribution in [2.45, 2.75) is 33.1 Å². The van der Waals surface area contributed by atoms with Crippen LogP contribution in [0, 0.1) is 6.92 Å². The first kappa shape index (κ1) is 22.5. The minimum Gasteiger partial charge on any atom is -0.325 e. The molecule has 3 N–H and O–H groups in total.